The predicted molar refractivity (Wildman–Crippen MR) is 93.2 cm³/mol. The molecule has 0 amide bonds. The van der Waals surface area contributed by atoms with E-state index in [9.17, 15) is 5.11 Å². The van der Waals surface area contributed by atoms with Crippen LogP contribution in [0.1, 0.15) is 19.4 Å². The molecule has 5 heteroatoms. The number of aliphatic hydroxyl groups is 1. The van der Waals surface area contributed by atoms with Gasteiger partial charge in [0.2, 0.25) is 0 Å². The van der Waals surface area contributed by atoms with Crippen LogP contribution >= 0.6 is 39.5 Å². The summed E-state index contributed by atoms with van der Waals surface area (Å²) in [5.41, 5.74) is 1.11. The van der Waals surface area contributed by atoms with E-state index in [1.165, 1.54) is 0 Å². The molecule has 1 aliphatic heterocycles. The zero-order valence-electron chi connectivity index (χ0n) is 12.0. The van der Waals surface area contributed by atoms with Crippen molar-refractivity contribution in [3.63, 3.8) is 0 Å². The van der Waals surface area contributed by atoms with Gasteiger partial charge in [-0.25, -0.2) is 0 Å². The van der Waals surface area contributed by atoms with Gasteiger partial charge in [-0.3, -0.25) is 0 Å². The molecule has 0 aromatic heterocycles. The highest BCUT2D eigenvalue weighted by atomic mass is 79.9. The lowest BCUT2D eigenvalue weighted by Crippen LogP contribution is -2.35. The second-order valence-electron chi connectivity index (χ2n) is 5.15. The van der Waals surface area contributed by atoms with Gasteiger partial charge in [-0.15, -0.1) is 0 Å². The molecule has 1 saturated heterocycles. The molecule has 1 aliphatic rings. The van der Waals surface area contributed by atoms with E-state index in [1.54, 1.807) is 7.11 Å². The maximum Gasteiger partial charge on any atom is 0.119 e. The van der Waals surface area contributed by atoms with E-state index >= 15 is 0 Å². The van der Waals surface area contributed by atoms with Crippen LogP contribution < -0.4 is 4.74 Å². The highest BCUT2D eigenvalue weighted by Gasteiger charge is 2.30. The van der Waals surface area contributed by atoms with E-state index in [-0.39, 0.29) is 6.10 Å². The van der Waals surface area contributed by atoms with E-state index in [2.05, 4.69) is 29.8 Å². The van der Waals surface area contributed by atoms with Crippen molar-refractivity contribution in [2.45, 2.75) is 42.1 Å². The molecular weight excluding hydrogens is 356 g/mol. The molecule has 1 heterocycles. The van der Waals surface area contributed by atoms with E-state index in [0.717, 1.165) is 21.5 Å². The van der Waals surface area contributed by atoms with E-state index < -0.39 is 0 Å². The largest absolute Gasteiger partial charge is 0.497 e. The Labute approximate surface area is 138 Å². The molecule has 1 aromatic carbocycles. The van der Waals surface area contributed by atoms with Crippen LogP contribution in [-0.2, 0) is 6.42 Å². The monoisotopic (exact) mass is 376 g/mol. The smallest absolute Gasteiger partial charge is 0.119 e. The SMILES string of the molecule is COc1ccc(Br)c(CC(O)C2CSC(C)C(C)S2)c1. The molecule has 1 N–H and O–H groups in total. The number of halogens is 1. The summed E-state index contributed by atoms with van der Waals surface area (Å²) in [6.07, 6.45) is 0.350. The van der Waals surface area contributed by atoms with Gasteiger partial charge in [-0.2, -0.15) is 23.5 Å². The van der Waals surface area contributed by atoms with Gasteiger partial charge in [0.15, 0.2) is 0 Å². The number of hydrogen-bond acceptors (Lipinski definition) is 4. The van der Waals surface area contributed by atoms with Crippen molar-refractivity contribution in [3.05, 3.63) is 28.2 Å². The van der Waals surface area contributed by atoms with Crippen LogP contribution in [0.5, 0.6) is 5.75 Å². The quantitative estimate of drug-likeness (QED) is 0.859. The lowest BCUT2D eigenvalue weighted by molar-refractivity contribution is 0.177. The second kappa shape index (κ2) is 7.43. The Bertz CT molecular complexity index is 455. The fraction of sp³-hybridized carbons (Fsp3) is 0.600. The summed E-state index contributed by atoms with van der Waals surface area (Å²) < 4.78 is 6.29. The molecule has 0 spiro atoms. The number of methoxy groups -OCH3 is 1. The van der Waals surface area contributed by atoms with Crippen molar-refractivity contribution in [1.82, 2.24) is 0 Å². The van der Waals surface area contributed by atoms with Gasteiger partial charge >= 0.3 is 0 Å². The lowest BCUT2D eigenvalue weighted by Gasteiger charge is -2.34. The van der Waals surface area contributed by atoms with Crippen molar-refractivity contribution < 1.29 is 9.84 Å². The minimum absolute atomic E-state index is 0.310. The zero-order valence-corrected chi connectivity index (χ0v) is 15.2. The van der Waals surface area contributed by atoms with E-state index in [4.69, 9.17) is 4.74 Å². The predicted octanol–water partition coefficient (Wildman–Crippen LogP) is 3.99. The summed E-state index contributed by atoms with van der Waals surface area (Å²) in [4.78, 5) is 0. The Morgan fingerprint density at radius 3 is 2.80 bits per heavy atom. The van der Waals surface area contributed by atoms with Crippen LogP contribution in [-0.4, -0.2) is 39.8 Å². The minimum atomic E-state index is -0.314. The molecule has 4 atom stereocenters. The van der Waals surface area contributed by atoms with E-state index in [0.29, 0.717) is 22.2 Å². The summed E-state index contributed by atoms with van der Waals surface area (Å²) in [5.74, 6) is 1.86. The standard InChI is InChI=1S/C15H21BrO2S2/c1-9-10(2)20-15(8-19-9)14(17)7-11-6-12(18-3)4-5-13(11)16/h4-6,9-10,14-15,17H,7-8H2,1-3H3. The molecule has 2 nitrogen and oxygen atoms in total. The van der Waals surface area contributed by atoms with Crippen LogP contribution in [0.3, 0.4) is 0 Å². The third kappa shape index (κ3) is 4.09. The summed E-state index contributed by atoms with van der Waals surface area (Å²) in [6.45, 7) is 4.52. The summed E-state index contributed by atoms with van der Waals surface area (Å²) in [7, 11) is 1.67. The number of aliphatic hydroxyl groups excluding tert-OH is 1. The van der Waals surface area contributed by atoms with Crippen molar-refractivity contribution in [2.75, 3.05) is 12.9 Å². The first-order valence-corrected chi connectivity index (χ1v) is 9.57. The number of thioether (sulfide) groups is 2. The number of benzene rings is 1. The molecule has 0 bridgehead atoms. The van der Waals surface area contributed by atoms with Gasteiger partial charge in [0.25, 0.3) is 0 Å². The van der Waals surface area contributed by atoms with Crippen LogP contribution in [0.2, 0.25) is 0 Å². The Kier molecular flexibility index (Phi) is 6.14. The molecule has 20 heavy (non-hydrogen) atoms. The van der Waals surface area contributed by atoms with Crippen LogP contribution in [0.15, 0.2) is 22.7 Å². The van der Waals surface area contributed by atoms with Gasteiger partial charge in [0, 0.05) is 32.4 Å². The lowest BCUT2D eigenvalue weighted by atomic mass is 10.1. The summed E-state index contributed by atoms with van der Waals surface area (Å²) in [6, 6.07) is 5.91. The molecule has 2 rings (SSSR count). The Hall–Kier alpha value is 0.160. The van der Waals surface area contributed by atoms with Crippen molar-refractivity contribution in [2.24, 2.45) is 0 Å². The number of rotatable bonds is 4. The average molecular weight is 377 g/mol. The molecule has 1 aromatic rings. The van der Waals surface area contributed by atoms with Gasteiger partial charge in [0.1, 0.15) is 5.75 Å². The first kappa shape index (κ1) is 16.5. The molecule has 112 valence electrons. The third-order valence-electron chi connectivity index (χ3n) is 3.68. The number of hydrogen-bond donors (Lipinski definition) is 1. The normalized spacial score (nSPS) is 28.1. The van der Waals surface area contributed by atoms with Gasteiger partial charge in [-0.1, -0.05) is 29.8 Å². The van der Waals surface area contributed by atoms with Crippen molar-refractivity contribution >= 4 is 39.5 Å². The molecule has 4 unspecified atom stereocenters. The second-order valence-corrected chi connectivity index (χ2v) is 9.03. The summed E-state index contributed by atoms with van der Waals surface area (Å²) >= 11 is 7.44. The van der Waals surface area contributed by atoms with Crippen molar-refractivity contribution in [1.29, 1.82) is 0 Å². The van der Waals surface area contributed by atoms with Crippen LogP contribution in [0.25, 0.3) is 0 Å². The first-order valence-electron chi connectivity index (χ1n) is 6.78. The maximum atomic E-state index is 10.5. The fourth-order valence-electron chi connectivity index (χ4n) is 2.20. The number of ether oxygens (including phenoxy) is 1. The van der Waals surface area contributed by atoms with Gasteiger partial charge < -0.3 is 9.84 Å². The highest BCUT2D eigenvalue weighted by Crippen LogP contribution is 2.38. The topological polar surface area (TPSA) is 29.5 Å². The van der Waals surface area contributed by atoms with Gasteiger partial charge in [-0.05, 0) is 23.8 Å². The van der Waals surface area contributed by atoms with Crippen LogP contribution in [0.4, 0.5) is 0 Å². The molecule has 1 fully saturated rings. The maximum absolute atomic E-state index is 10.5. The molecule has 0 aliphatic carbocycles. The first-order chi connectivity index (χ1) is 9.51. The molecular formula is C15H21BrO2S2. The van der Waals surface area contributed by atoms with E-state index in [1.807, 2.05) is 41.7 Å². The Morgan fingerprint density at radius 1 is 1.40 bits per heavy atom. The Balaban J connectivity index is 2.02. The third-order valence-corrected chi connectivity index (χ3v) is 8.00. The average Bonchev–Trinajstić information content (AvgIpc) is 2.44. The highest BCUT2D eigenvalue weighted by molar-refractivity contribution is 9.10. The minimum Gasteiger partial charge on any atom is -0.497 e. The molecule has 0 radical (unpaired) electrons. The summed E-state index contributed by atoms with van der Waals surface area (Å²) in [5, 5.41) is 12.1. The van der Waals surface area contributed by atoms with Crippen molar-refractivity contribution in [3.8, 4) is 5.75 Å². The molecule has 0 saturated carbocycles. The van der Waals surface area contributed by atoms with Gasteiger partial charge in [0.05, 0.1) is 13.2 Å². The fourth-order valence-corrected chi connectivity index (χ4v) is 5.62. The van der Waals surface area contributed by atoms with Crippen LogP contribution in [0, 0.1) is 0 Å². The Morgan fingerprint density at radius 2 is 2.15 bits per heavy atom. The zero-order chi connectivity index (χ0) is 14.7.